The van der Waals surface area contributed by atoms with Gasteiger partial charge in [-0.1, -0.05) is 0 Å². The molecule has 8 nitrogen and oxygen atoms in total. The normalized spacial score (nSPS) is 10.1. The molecule has 1 rings (SSSR count). The summed E-state index contributed by atoms with van der Waals surface area (Å²) in [5, 5.41) is 14.2. The number of anilines is 2. The molecule has 0 amide bonds. The first-order chi connectivity index (χ1) is 8.32. The van der Waals surface area contributed by atoms with E-state index in [4.69, 9.17) is 21.7 Å². The number of halogens is 1. The van der Waals surface area contributed by atoms with Crippen LogP contribution in [0.25, 0.3) is 0 Å². The van der Waals surface area contributed by atoms with Gasteiger partial charge in [-0.3, -0.25) is 0 Å². The lowest BCUT2D eigenvalue weighted by molar-refractivity contribution is 0.312. The van der Waals surface area contributed by atoms with E-state index in [2.05, 4.69) is 25.6 Å². The van der Waals surface area contributed by atoms with Crippen molar-refractivity contribution in [3.63, 3.8) is 0 Å². The fraction of sp³-hybridized carbons (Fsp3) is 0.667. The lowest BCUT2D eigenvalue weighted by Crippen LogP contribution is -2.27. The van der Waals surface area contributed by atoms with Crippen molar-refractivity contribution < 1.29 is 5.21 Å². The molecule has 0 aromatic carbocycles. The Labute approximate surface area is 110 Å². The number of aromatic nitrogens is 3. The molecular formula is C9H17ClN6O2. The second-order valence-corrected chi connectivity index (χ2v) is 4.58. The quantitative estimate of drug-likeness (QED) is 0.573. The van der Waals surface area contributed by atoms with Gasteiger partial charge in [0.1, 0.15) is 0 Å². The van der Waals surface area contributed by atoms with E-state index in [1.807, 2.05) is 27.7 Å². The van der Waals surface area contributed by atoms with Crippen LogP contribution in [0.4, 0.5) is 11.9 Å². The van der Waals surface area contributed by atoms with Crippen LogP contribution in [0.5, 0.6) is 0 Å². The second-order valence-electron chi connectivity index (χ2n) is 4.24. The average Bonchev–Trinajstić information content (AvgIpc) is 2.14. The third-order valence-corrected chi connectivity index (χ3v) is 1.60. The summed E-state index contributed by atoms with van der Waals surface area (Å²) < 4.78 is 0. The van der Waals surface area contributed by atoms with Gasteiger partial charge in [0.2, 0.25) is 17.2 Å². The predicted octanol–water partition coefficient (Wildman–Crippen LogP) is 2.31. The van der Waals surface area contributed by atoms with Crippen LogP contribution >= 0.6 is 11.6 Å². The number of nitrogens with one attached hydrogen (secondary N) is 2. The van der Waals surface area contributed by atoms with Gasteiger partial charge in [0.15, 0.2) is 5.34 Å². The Morgan fingerprint density at radius 1 is 1.28 bits per heavy atom. The Morgan fingerprint density at radius 2 is 1.78 bits per heavy atom. The molecule has 1 aromatic heterocycles. The first kappa shape index (κ1) is 16.3. The highest BCUT2D eigenvalue weighted by molar-refractivity contribution is 6.28. The van der Waals surface area contributed by atoms with Crippen molar-refractivity contribution >= 4 is 23.5 Å². The fourth-order valence-electron chi connectivity index (χ4n) is 0.979. The molecule has 102 valence electrons. The highest BCUT2D eigenvalue weighted by atomic mass is 35.5. The minimum Gasteiger partial charge on any atom is -0.379 e. The molecule has 0 atom stereocenters. The largest absolute Gasteiger partial charge is 0.379 e. The van der Waals surface area contributed by atoms with E-state index in [-0.39, 0.29) is 10.8 Å². The van der Waals surface area contributed by atoms with Crippen molar-refractivity contribution in [2.45, 2.75) is 33.2 Å². The summed E-state index contributed by atoms with van der Waals surface area (Å²) in [5.74, 6) is 0.975. The molecular weight excluding hydrogens is 260 g/mol. The maximum atomic E-state index is 8.11. The monoisotopic (exact) mass is 276 g/mol. The van der Waals surface area contributed by atoms with Gasteiger partial charge < -0.3 is 15.8 Å². The predicted molar refractivity (Wildman–Crippen MR) is 70.0 cm³/mol. The van der Waals surface area contributed by atoms with Gasteiger partial charge in [0.05, 0.1) is 0 Å². The van der Waals surface area contributed by atoms with Crippen LogP contribution in [0.15, 0.2) is 5.34 Å². The summed E-state index contributed by atoms with van der Waals surface area (Å²) in [5.41, 5.74) is -0.103. The summed E-state index contributed by atoms with van der Waals surface area (Å²) >= 11 is 5.77. The Balaban J connectivity index is 0.000000873. The summed E-state index contributed by atoms with van der Waals surface area (Å²) in [6.45, 7) is 8.79. The van der Waals surface area contributed by atoms with E-state index in [0.29, 0.717) is 11.9 Å². The Bertz CT molecular complexity index is 382. The minimum atomic E-state index is -0.103. The molecule has 0 radical (unpaired) electrons. The van der Waals surface area contributed by atoms with Gasteiger partial charge in [0.25, 0.3) is 0 Å². The smallest absolute Gasteiger partial charge is 0.229 e. The van der Waals surface area contributed by atoms with Crippen LogP contribution in [-0.4, -0.2) is 32.2 Å². The second kappa shape index (κ2) is 7.59. The van der Waals surface area contributed by atoms with Crippen molar-refractivity contribution in [1.29, 1.82) is 0 Å². The summed E-state index contributed by atoms with van der Waals surface area (Å²) in [6.07, 6.45) is 0. The number of rotatable bonds is 3. The number of nitrogens with zero attached hydrogens (tertiary/aromatic N) is 4. The molecule has 0 saturated heterocycles. The maximum absolute atomic E-state index is 8.11. The molecule has 18 heavy (non-hydrogen) atoms. The molecule has 3 N–H and O–H groups in total. The molecule has 1 heterocycles. The van der Waals surface area contributed by atoms with E-state index in [9.17, 15) is 0 Å². The molecule has 0 bridgehead atoms. The lowest BCUT2D eigenvalue weighted by atomic mass is 10.1. The highest BCUT2D eigenvalue weighted by Crippen LogP contribution is 2.13. The Kier molecular flexibility index (Phi) is 6.88. The molecule has 9 heteroatoms. The summed E-state index contributed by atoms with van der Waals surface area (Å²) in [6, 6.07) is 0. The van der Waals surface area contributed by atoms with Crippen LogP contribution in [0.2, 0.25) is 5.28 Å². The van der Waals surface area contributed by atoms with Crippen LogP contribution in [0.3, 0.4) is 0 Å². The maximum Gasteiger partial charge on any atom is 0.229 e. The summed E-state index contributed by atoms with van der Waals surface area (Å²) in [4.78, 5) is 20.2. The molecule has 0 fully saturated rings. The molecule has 0 spiro atoms. The molecule has 0 aliphatic carbocycles. The topological polar surface area (TPSA) is 112 Å². The molecule has 0 aliphatic heterocycles. The van der Waals surface area contributed by atoms with Crippen molar-refractivity contribution in [3.8, 4) is 0 Å². The lowest BCUT2D eigenvalue weighted by Gasteiger charge is -2.20. The Hall–Kier alpha value is -1.70. The first-order valence-corrected chi connectivity index (χ1v) is 5.60. The zero-order valence-electron chi connectivity index (χ0n) is 10.7. The van der Waals surface area contributed by atoms with Crippen molar-refractivity contribution in [3.05, 3.63) is 10.2 Å². The van der Waals surface area contributed by atoms with E-state index in [1.165, 1.54) is 5.34 Å². The average molecular weight is 277 g/mol. The molecule has 1 aromatic rings. The molecule has 0 saturated carbocycles. The SMILES string of the molecule is CCNc1nc(Cl)nc(NC(C)(C)C)n1.O=NO. The van der Waals surface area contributed by atoms with Gasteiger partial charge in [-0.25, -0.2) is 0 Å². The third kappa shape index (κ3) is 7.55. The Morgan fingerprint density at radius 3 is 2.22 bits per heavy atom. The van der Waals surface area contributed by atoms with E-state index < -0.39 is 0 Å². The van der Waals surface area contributed by atoms with Crippen molar-refractivity contribution in [1.82, 2.24) is 15.0 Å². The summed E-state index contributed by atoms with van der Waals surface area (Å²) in [7, 11) is 0. The number of hydrogen-bond acceptors (Lipinski definition) is 7. The first-order valence-electron chi connectivity index (χ1n) is 5.22. The zero-order chi connectivity index (χ0) is 14.2. The van der Waals surface area contributed by atoms with Crippen LogP contribution in [0, 0.1) is 4.91 Å². The molecule has 0 unspecified atom stereocenters. The van der Waals surface area contributed by atoms with E-state index in [0.717, 1.165) is 6.54 Å². The fourth-order valence-corrected chi connectivity index (χ4v) is 1.14. The van der Waals surface area contributed by atoms with Crippen LogP contribution in [-0.2, 0) is 0 Å². The van der Waals surface area contributed by atoms with Gasteiger partial charge >= 0.3 is 0 Å². The number of hydrogen-bond donors (Lipinski definition) is 3. The zero-order valence-corrected chi connectivity index (χ0v) is 11.5. The van der Waals surface area contributed by atoms with Crippen molar-refractivity contribution in [2.24, 2.45) is 5.34 Å². The van der Waals surface area contributed by atoms with Gasteiger partial charge in [-0.15, -0.1) is 4.91 Å². The van der Waals surface area contributed by atoms with E-state index >= 15 is 0 Å². The molecule has 0 aliphatic rings. The third-order valence-electron chi connectivity index (χ3n) is 1.43. The van der Waals surface area contributed by atoms with Crippen LogP contribution < -0.4 is 10.6 Å². The van der Waals surface area contributed by atoms with Crippen LogP contribution in [0.1, 0.15) is 27.7 Å². The van der Waals surface area contributed by atoms with E-state index in [1.54, 1.807) is 0 Å². The van der Waals surface area contributed by atoms with Gasteiger partial charge in [-0.05, 0) is 39.3 Å². The minimum absolute atomic E-state index is 0.103. The standard InChI is InChI=1S/C9H16ClN5.HNO2/c1-5-11-7-12-6(10)13-8(14-7)15-9(2,3)4;2-1-3/h5H2,1-4H3,(H2,11,12,13,14,15);(H,2,3). The van der Waals surface area contributed by atoms with Gasteiger partial charge in [-0.2, -0.15) is 15.0 Å². The van der Waals surface area contributed by atoms with Crippen molar-refractivity contribution in [2.75, 3.05) is 17.2 Å². The van der Waals surface area contributed by atoms with Gasteiger partial charge in [0, 0.05) is 12.1 Å². The highest BCUT2D eigenvalue weighted by Gasteiger charge is 2.12.